The fraction of sp³-hybridized carbons (Fsp3) is 0.375. The first-order valence-electron chi connectivity index (χ1n) is 4.60. The second-order valence-electron chi connectivity index (χ2n) is 2.94. The maximum atomic E-state index is 10.6. The third-order valence-electron chi connectivity index (χ3n) is 1.72. The van der Waals surface area contributed by atoms with Crippen molar-refractivity contribution in [3.63, 3.8) is 0 Å². The van der Waals surface area contributed by atoms with Crippen LogP contribution in [0.25, 0.3) is 0 Å². The predicted molar refractivity (Wildman–Crippen MR) is 64.7 cm³/mol. The van der Waals surface area contributed by atoms with Crippen LogP contribution in [0, 0.1) is 0 Å². The number of nitrogens with one attached hydrogen (secondary N) is 3. The van der Waals surface area contributed by atoms with Crippen molar-refractivity contribution >= 4 is 33.5 Å². The quantitative estimate of drug-likeness (QED) is 0.347. The summed E-state index contributed by atoms with van der Waals surface area (Å²) in [6, 6.07) is 0. The van der Waals surface area contributed by atoms with Gasteiger partial charge in [0, 0.05) is 20.0 Å². The molecule has 8 heteroatoms. The van der Waals surface area contributed by atoms with E-state index in [0.717, 1.165) is 0 Å². The van der Waals surface area contributed by atoms with E-state index >= 15 is 0 Å². The highest BCUT2D eigenvalue weighted by molar-refractivity contribution is 9.10. The molecule has 0 radical (unpaired) electrons. The summed E-state index contributed by atoms with van der Waals surface area (Å²) in [5.41, 5.74) is 2.44. The van der Waals surface area contributed by atoms with Gasteiger partial charge in [0.2, 0.25) is 5.91 Å². The van der Waals surface area contributed by atoms with Crippen molar-refractivity contribution < 1.29 is 4.79 Å². The first kappa shape index (κ1) is 12.7. The van der Waals surface area contributed by atoms with Gasteiger partial charge in [-0.2, -0.15) is 0 Å². The molecule has 1 rings (SSSR count). The highest BCUT2D eigenvalue weighted by Gasteiger charge is 2.06. The topological polar surface area (TPSA) is 105 Å². The van der Waals surface area contributed by atoms with Crippen molar-refractivity contribution in [3.05, 3.63) is 10.8 Å². The molecule has 0 aromatic carbocycles. The summed E-state index contributed by atoms with van der Waals surface area (Å²) in [6.45, 7) is 2.56. The second kappa shape index (κ2) is 6.23. The molecule has 0 spiro atoms. The van der Waals surface area contributed by atoms with E-state index in [1.165, 1.54) is 13.3 Å². The SMILES string of the molecule is CC(=O)NCCNc1ncnc(NN)c1Br. The Bertz CT molecular complexity index is 372. The summed E-state index contributed by atoms with van der Waals surface area (Å²) in [6.07, 6.45) is 1.39. The minimum absolute atomic E-state index is 0.0622. The van der Waals surface area contributed by atoms with Crippen LogP contribution in [0.4, 0.5) is 11.6 Å². The van der Waals surface area contributed by atoms with Gasteiger partial charge in [-0.15, -0.1) is 0 Å². The van der Waals surface area contributed by atoms with Gasteiger partial charge in [-0.25, -0.2) is 15.8 Å². The third kappa shape index (κ3) is 3.63. The zero-order valence-corrected chi connectivity index (χ0v) is 10.3. The van der Waals surface area contributed by atoms with Gasteiger partial charge in [-0.1, -0.05) is 0 Å². The Morgan fingerprint density at radius 1 is 1.44 bits per heavy atom. The molecule has 0 aliphatic carbocycles. The lowest BCUT2D eigenvalue weighted by molar-refractivity contribution is -0.118. The van der Waals surface area contributed by atoms with E-state index in [0.29, 0.717) is 29.2 Å². The molecule has 0 atom stereocenters. The van der Waals surface area contributed by atoms with Gasteiger partial charge >= 0.3 is 0 Å². The molecule has 5 N–H and O–H groups in total. The van der Waals surface area contributed by atoms with Crippen LogP contribution in [0.2, 0.25) is 0 Å². The molecule has 0 unspecified atom stereocenters. The van der Waals surface area contributed by atoms with E-state index in [4.69, 9.17) is 5.84 Å². The number of carbonyl (C=O) groups is 1. The number of hydrogen-bond donors (Lipinski definition) is 4. The van der Waals surface area contributed by atoms with Gasteiger partial charge in [0.1, 0.15) is 16.6 Å². The van der Waals surface area contributed by atoms with Gasteiger partial charge in [-0.3, -0.25) is 4.79 Å². The number of nitrogens with two attached hydrogens (primary N) is 1. The molecule has 7 nitrogen and oxygen atoms in total. The van der Waals surface area contributed by atoms with Crippen LogP contribution in [0.15, 0.2) is 10.8 Å². The Morgan fingerprint density at radius 2 is 2.12 bits per heavy atom. The number of amides is 1. The van der Waals surface area contributed by atoms with Crippen molar-refractivity contribution in [1.82, 2.24) is 15.3 Å². The lowest BCUT2D eigenvalue weighted by atomic mass is 10.5. The minimum Gasteiger partial charge on any atom is -0.367 e. The van der Waals surface area contributed by atoms with E-state index in [-0.39, 0.29) is 5.91 Å². The van der Waals surface area contributed by atoms with Crippen LogP contribution in [-0.4, -0.2) is 29.0 Å². The lowest BCUT2D eigenvalue weighted by Crippen LogP contribution is -2.26. The van der Waals surface area contributed by atoms with Crippen LogP contribution in [0.5, 0.6) is 0 Å². The van der Waals surface area contributed by atoms with Gasteiger partial charge in [0.25, 0.3) is 0 Å². The standard InChI is InChI=1S/C8H13BrN6O/c1-5(16)11-2-3-12-7-6(9)8(15-10)14-4-13-7/h4H,2-3,10H2,1H3,(H,11,16)(H2,12,13,14,15). The average Bonchev–Trinajstić information content (AvgIpc) is 2.26. The largest absolute Gasteiger partial charge is 0.367 e. The number of hydrazine groups is 1. The van der Waals surface area contributed by atoms with Crippen molar-refractivity contribution in [2.24, 2.45) is 5.84 Å². The number of nitrogen functional groups attached to an aromatic ring is 1. The van der Waals surface area contributed by atoms with Gasteiger partial charge < -0.3 is 16.1 Å². The molecule has 1 amide bonds. The summed E-state index contributed by atoms with van der Waals surface area (Å²) in [4.78, 5) is 18.6. The van der Waals surface area contributed by atoms with Crippen LogP contribution in [0.3, 0.4) is 0 Å². The number of carbonyl (C=O) groups excluding carboxylic acids is 1. The Hall–Kier alpha value is -1.41. The highest BCUT2D eigenvalue weighted by Crippen LogP contribution is 2.25. The molecule has 0 fully saturated rings. The number of halogens is 1. The summed E-state index contributed by atoms with van der Waals surface area (Å²) in [7, 11) is 0. The Balaban J connectivity index is 2.50. The maximum absolute atomic E-state index is 10.6. The first-order chi connectivity index (χ1) is 7.65. The molecule has 88 valence electrons. The van der Waals surface area contributed by atoms with Crippen molar-refractivity contribution in [2.45, 2.75) is 6.92 Å². The molecule has 0 aliphatic heterocycles. The fourth-order valence-corrected chi connectivity index (χ4v) is 1.47. The molecule has 16 heavy (non-hydrogen) atoms. The minimum atomic E-state index is -0.0622. The zero-order chi connectivity index (χ0) is 12.0. The summed E-state index contributed by atoms with van der Waals surface area (Å²) in [5, 5.41) is 5.70. The molecule has 0 bridgehead atoms. The molecule has 1 heterocycles. The van der Waals surface area contributed by atoms with E-state index in [2.05, 4.69) is 42.0 Å². The Morgan fingerprint density at radius 3 is 2.75 bits per heavy atom. The van der Waals surface area contributed by atoms with E-state index in [1.807, 2.05) is 0 Å². The third-order valence-corrected chi connectivity index (χ3v) is 2.47. The fourth-order valence-electron chi connectivity index (χ4n) is 1.01. The number of rotatable bonds is 5. The molecular weight excluding hydrogens is 276 g/mol. The number of anilines is 2. The van der Waals surface area contributed by atoms with Crippen molar-refractivity contribution in [3.8, 4) is 0 Å². The Labute approximate surface area is 101 Å². The van der Waals surface area contributed by atoms with Crippen LogP contribution >= 0.6 is 15.9 Å². The Kier molecular flexibility index (Phi) is 4.93. The normalized spacial score (nSPS) is 9.69. The molecule has 0 saturated carbocycles. The molecule has 0 saturated heterocycles. The van der Waals surface area contributed by atoms with Crippen LogP contribution < -0.4 is 21.9 Å². The second-order valence-corrected chi connectivity index (χ2v) is 3.73. The molecule has 1 aromatic heterocycles. The van der Waals surface area contributed by atoms with Gasteiger partial charge in [0.15, 0.2) is 5.82 Å². The highest BCUT2D eigenvalue weighted by atomic mass is 79.9. The first-order valence-corrected chi connectivity index (χ1v) is 5.40. The lowest BCUT2D eigenvalue weighted by Gasteiger charge is -2.09. The van der Waals surface area contributed by atoms with Crippen molar-refractivity contribution in [1.29, 1.82) is 0 Å². The molecule has 1 aromatic rings. The average molecular weight is 289 g/mol. The summed E-state index contributed by atoms with van der Waals surface area (Å²) in [5.74, 6) is 6.31. The number of hydrogen-bond acceptors (Lipinski definition) is 6. The zero-order valence-electron chi connectivity index (χ0n) is 8.75. The monoisotopic (exact) mass is 288 g/mol. The predicted octanol–water partition coefficient (Wildman–Crippen LogP) is 0.0727. The molecule has 0 aliphatic rings. The number of aromatic nitrogens is 2. The van der Waals surface area contributed by atoms with E-state index in [1.54, 1.807) is 0 Å². The van der Waals surface area contributed by atoms with E-state index < -0.39 is 0 Å². The van der Waals surface area contributed by atoms with Crippen molar-refractivity contribution in [2.75, 3.05) is 23.8 Å². The molecular formula is C8H13BrN6O. The summed E-state index contributed by atoms with van der Waals surface area (Å²) < 4.78 is 0.653. The van der Waals surface area contributed by atoms with Crippen LogP contribution in [0.1, 0.15) is 6.92 Å². The van der Waals surface area contributed by atoms with E-state index in [9.17, 15) is 4.79 Å². The summed E-state index contributed by atoms with van der Waals surface area (Å²) >= 11 is 3.31. The number of nitrogens with zero attached hydrogens (tertiary/aromatic N) is 2. The van der Waals surface area contributed by atoms with Gasteiger partial charge in [0.05, 0.1) is 0 Å². The smallest absolute Gasteiger partial charge is 0.216 e. The van der Waals surface area contributed by atoms with Gasteiger partial charge in [-0.05, 0) is 15.9 Å². The maximum Gasteiger partial charge on any atom is 0.216 e. The van der Waals surface area contributed by atoms with Crippen LogP contribution in [-0.2, 0) is 4.79 Å².